The van der Waals surface area contributed by atoms with Crippen LogP contribution in [0.3, 0.4) is 0 Å². The quantitative estimate of drug-likeness (QED) is 0.473. The zero-order valence-corrected chi connectivity index (χ0v) is 7.48. The number of nitrogens with one attached hydrogen (secondary N) is 1. The fraction of sp³-hybridized carbons (Fsp3) is 0.714. The number of rotatable bonds is 4. The predicted octanol–water partition coefficient (Wildman–Crippen LogP) is 0.832. The topological polar surface area (TPSA) is 32.3 Å². The minimum atomic E-state index is -0.505. The van der Waals surface area contributed by atoms with Gasteiger partial charge in [0.15, 0.2) is 0 Å². The number of likely N-dealkylation sites (N-methyl/N-ethyl adjacent to an activating group) is 1. The van der Waals surface area contributed by atoms with Crippen molar-refractivity contribution < 1.29 is 5.11 Å². The fourth-order valence-electron chi connectivity index (χ4n) is 0.437. The van der Waals surface area contributed by atoms with Crippen molar-refractivity contribution in [2.45, 2.75) is 18.4 Å². The Morgan fingerprint density at radius 1 is 1.50 bits per heavy atom. The van der Waals surface area contributed by atoms with Crippen LogP contribution in [0.5, 0.6) is 0 Å². The summed E-state index contributed by atoms with van der Waals surface area (Å²) in [6.45, 7) is 2.09. The smallest absolute Gasteiger partial charge is 0.123 e. The van der Waals surface area contributed by atoms with E-state index in [0.717, 1.165) is 0 Å². The minimum absolute atomic E-state index is 0.475. The third-order valence-corrected chi connectivity index (χ3v) is 2.13. The first-order chi connectivity index (χ1) is 4.70. The van der Waals surface area contributed by atoms with Crippen LogP contribution in [-0.2, 0) is 0 Å². The Morgan fingerprint density at radius 2 is 2.10 bits per heavy atom. The molecule has 0 rings (SSSR count). The van der Waals surface area contributed by atoms with E-state index in [1.54, 1.807) is 24.9 Å². The monoisotopic (exact) mass is 161 g/mol. The van der Waals surface area contributed by atoms with Gasteiger partial charge in [-0.3, -0.25) is 5.32 Å². The Kier molecular flexibility index (Phi) is 5.78. The van der Waals surface area contributed by atoms with E-state index in [0.29, 0.717) is 5.25 Å². The van der Waals surface area contributed by atoms with Gasteiger partial charge in [-0.25, -0.2) is 0 Å². The van der Waals surface area contributed by atoms with Crippen LogP contribution in [0.1, 0.15) is 6.92 Å². The Bertz CT molecular complexity index is 93.8. The van der Waals surface area contributed by atoms with E-state index in [2.05, 4.69) is 12.2 Å². The van der Waals surface area contributed by atoms with Gasteiger partial charge in [-0.1, -0.05) is 6.08 Å². The second kappa shape index (κ2) is 5.77. The largest absolute Gasteiger partial charge is 0.375 e. The van der Waals surface area contributed by atoms with Crippen molar-refractivity contribution in [3.63, 3.8) is 0 Å². The van der Waals surface area contributed by atoms with E-state index in [-0.39, 0.29) is 0 Å². The first-order valence-electron chi connectivity index (χ1n) is 3.27. The molecule has 10 heavy (non-hydrogen) atoms. The third-order valence-electron chi connectivity index (χ3n) is 1.23. The molecule has 2 unspecified atom stereocenters. The van der Waals surface area contributed by atoms with Gasteiger partial charge in [-0.2, -0.15) is 11.8 Å². The van der Waals surface area contributed by atoms with Crippen LogP contribution in [0.4, 0.5) is 0 Å². The SMILES string of the molecule is CNC(O)/C=C\C(C)SC. The Labute approximate surface area is 66.7 Å². The zero-order valence-electron chi connectivity index (χ0n) is 6.66. The van der Waals surface area contributed by atoms with Gasteiger partial charge in [0.05, 0.1) is 0 Å². The van der Waals surface area contributed by atoms with Crippen molar-refractivity contribution in [1.82, 2.24) is 5.32 Å². The summed E-state index contributed by atoms with van der Waals surface area (Å²) in [5.74, 6) is 0. The number of hydrogen-bond acceptors (Lipinski definition) is 3. The van der Waals surface area contributed by atoms with Crippen LogP contribution >= 0.6 is 11.8 Å². The first kappa shape index (κ1) is 10.0. The number of thioether (sulfide) groups is 1. The second-order valence-corrected chi connectivity index (χ2v) is 3.27. The molecule has 0 amide bonds. The van der Waals surface area contributed by atoms with Gasteiger partial charge in [-0.05, 0) is 26.3 Å². The van der Waals surface area contributed by atoms with Crippen LogP contribution in [-0.4, -0.2) is 29.9 Å². The lowest BCUT2D eigenvalue weighted by Crippen LogP contribution is -2.21. The molecule has 0 heterocycles. The Hall–Kier alpha value is 0.01000. The molecule has 0 aliphatic heterocycles. The summed E-state index contributed by atoms with van der Waals surface area (Å²) in [5.41, 5.74) is 0. The van der Waals surface area contributed by atoms with Gasteiger partial charge in [-0.15, -0.1) is 0 Å². The Morgan fingerprint density at radius 3 is 2.50 bits per heavy atom. The highest BCUT2D eigenvalue weighted by molar-refractivity contribution is 7.99. The van der Waals surface area contributed by atoms with Gasteiger partial charge < -0.3 is 5.11 Å². The Balaban J connectivity index is 3.52. The van der Waals surface area contributed by atoms with Gasteiger partial charge in [0.25, 0.3) is 0 Å². The summed E-state index contributed by atoms with van der Waals surface area (Å²) < 4.78 is 0. The highest BCUT2D eigenvalue weighted by atomic mass is 32.2. The summed E-state index contributed by atoms with van der Waals surface area (Å²) in [6, 6.07) is 0. The zero-order chi connectivity index (χ0) is 7.98. The lowest BCUT2D eigenvalue weighted by atomic mass is 10.4. The maximum Gasteiger partial charge on any atom is 0.123 e. The van der Waals surface area contributed by atoms with Crippen molar-refractivity contribution in [2.75, 3.05) is 13.3 Å². The molecule has 2 nitrogen and oxygen atoms in total. The molecule has 3 heteroatoms. The van der Waals surface area contributed by atoms with Gasteiger partial charge in [0, 0.05) is 5.25 Å². The average molecular weight is 161 g/mol. The minimum Gasteiger partial charge on any atom is -0.375 e. The predicted molar refractivity (Wildman–Crippen MR) is 47.2 cm³/mol. The van der Waals surface area contributed by atoms with Crippen LogP contribution < -0.4 is 5.32 Å². The molecular weight excluding hydrogens is 146 g/mol. The first-order valence-corrected chi connectivity index (χ1v) is 4.56. The lowest BCUT2D eigenvalue weighted by molar-refractivity contribution is 0.195. The third kappa shape index (κ3) is 4.85. The highest BCUT2D eigenvalue weighted by Gasteiger charge is 1.94. The molecule has 2 N–H and O–H groups in total. The molecule has 0 fully saturated rings. The molecule has 0 aliphatic carbocycles. The van der Waals surface area contributed by atoms with Crippen molar-refractivity contribution in [3.05, 3.63) is 12.2 Å². The van der Waals surface area contributed by atoms with Crippen molar-refractivity contribution in [1.29, 1.82) is 0 Å². The average Bonchev–Trinajstić information content (AvgIpc) is 1.99. The molecule has 0 aromatic carbocycles. The normalized spacial score (nSPS) is 17.6. The van der Waals surface area contributed by atoms with Crippen molar-refractivity contribution >= 4 is 11.8 Å². The molecule has 0 saturated heterocycles. The van der Waals surface area contributed by atoms with Crippen molar-refractivity contribution in [3.8, 4) is 0 Å². The molecule has 0 aromatic heterocycles. The highest BCUT2D eigenvalue weighted by Crippen LogP contribution is 2.05. The molecule has 0 bridgehead atoms. The van der Waals surface area contributed by atoms with E-state index < -0.39 is 6.23 Å². The standard InChI is InChI=1S/C7H15NOS/c1-6(10-3)4-5-7(9)8-2/h4-9H,1-3H3/b5-4-. The van der Waals surface area contributed by atoms with Gasteiger partial charge >= 0.3 is 0 Å². The maximum absolute atomic E-state index is 9.00. The van der Waals surface area contributed by atoms with E-state index >= 15 is 0 Å². The van der Waals surface area contributed by atoms with Crippen LogP contribution in [0.15, 0.2) is 12.2 Å². The van der Waals surface area contributed by atoms with Crippen LogP contribution in [0.25, 0.3) is 0 Å². The molecule has 0 aromatic rings. The molecule has 0 saturated carbocycles. The van der Waals surface area contributed by atoms with Crippen LogP contribution in [0, 0.1) is 0 Å². The molecule has 0 aliphatic rings. The number of aliphatic hydroxyl groups is 1. The molecule has 0 spiro atoms. The number of hydrogen-bond donors (Lipinski definition) is 2. The summed E-state index contributed by atoms with van der Waals surface area (Å²) >= 11 is 1.75. The van der Waals surface area contributed by atoms with E-state index in [4.69, 9.17) is 5.11 Å². The van der Waals surface area contributed by atoms with Gasteiger partial charge in [0.1, 0.15) is 6.23 Å². The van der Waals surface area contributed by atoms with E-state index in [9.17, 15) is 0 Å². The van der Waals surface area contributed by atoms with Gasteiger partial charge in [0.2, 0.25) is 0 Å². The lowest BCUT2D eigenvalue weighted by Gasteiger charge is -2.03. The summed E-state index contributed by atoms with van der Waals surface area (Å²) in [6.07, 6.45) is 5.27. The summed E-state index contributed by atoms with van der Waals surface area (Å²) in [4.78, 5) is 0. The maximum atomic E-state index is 9.00. The molecular formula is C7H15NOS. The molecule has 0 radical (unpaired) electrons. The fourth-order valence-corrected chi connectivity index (χ4v) is 0.684. The van der Waals surface area contributed by atoms with Crippen molar-refractivity contribution in [2.24, 2.45) is 0 Å². The molecule has 60 valence electrons. The van der Waals surface area contributed by atoms with E-state index in [1.165, 1.54) is 0 Å². The summed E-state index contributed by atoms with van der Waals surface area (Å²) in [7, 11) is 1.72. The van der Waals surface area contributed by atoms with Crippen LogP contribution in [0.2, 0.25) is 0 Å². The second-order valence-electron chi connectivity index (χ2n) is 2.06. The van der Waals surface area contributed by atoms with E-state index in [1.807, 2.05) is 12.3 Å². The number of aliphatic hydroxyl groups excluding tert-OH is 1. The summed E-state index contributed by atoms with van der Waals surface area (Å²) in [5, 5.41) is 12.2. The molecule has 2 atom stereocenters.